The van der Waals surface area contributed by atoms with Crippen molar-refractivity contribution < 1.29 is 8.83 Å². The third-order valence-electron chi connectivity index (χ3n) is 8.68. The van der Waals surface area contributed by atoms with Crippen molar-refractivity contribution in [3.8, 4) is 33.8 Å². The van der Waals surface area contributed by atoms with E-state index in [9.17, 15) is 0 Å². The van der Waals surface area contributed by atoms with Gasteiger partial charge in [0.25, 0.3) is 0 Å². The highest BCUT2D eigenvalue weighted by atomic mass is 16.3. The number of hydrogen-bond donors (Lipinski definition) is 0. The summed E-state index contributed by atoms with van der Waals surface area (Å²) in [6.07, 6.45) is 0. The molecule has 0 spiro atoms. The Kier molecular flexibility index (Phi) is 4.36. The molecule has 8 aromatic rings. The smallest absolute Gasteiger partial charge is 0.180 e. The Balaban J connectivity index is 1.31. The monoisotopic (exact) mass is 528 g/mol. The lowest BCUT2D eigenvalue weighted by atomic mass is 9.80. The maximum atomic E-state index is 6.42. The highest BCUT2D eigenvalue weighted by molar-refractivity contribution is 6.11. The summed E-state index contributed by atoms with van der Waals surface area (Å²) in [4.78, 5) is 10.1. The molecule has 3 aromatic heterocycles. The van der Waals surface area contributed by atoms with Crippen LogP contribution in [0.2, 0.25) is 0 Å². The number of aromatic nitrogens is 2. The number of rotatable bonds is 2. The van der Waals surface area contributed by atoms with Gasteiger partial charge in [-0.05, 0) is 52.6 Å². The molecule has 0 aliphatic heterocycles. The Hall–Kier alpha value is -5.22. The van der Waals surface area contributed by atoms with E-state index in [1.165, 1.54) is 27.6 Å². The Labute approximate surface area is 235 Å². The summed E-state index contributed by atoms with van der Waals surface area (Å²) in [7, 11) is 0. The first-order chi connectivity index (χ1) is 20.1. The van der Waals surface area contributed by atoms with E-state index in [4.69, 9.17) is 18.8 Å². The topological polar surface area (TPSA) is 52.1 Å². The zero-order valence-corrected chi connectivity index (χ0v) is 22.6. The van der Waals surface area contributed by atoms with Crippen LogP contribution in [0.5, 0.6) is 0 Å². The van der Waals surface area contributed by atoms with Crippen molar-refractivity contribution in [3.05, 3.63) is 120 Å². The first-order valence-corrected chi connectivity index (χ1v) is 13.9. The molecule has 41 heavy (non-hydrogen) atoms. The number of fused-ring (bicyclic) bond motifs is 10. The minimum Gasteiger partial charge on any atom is -0.456 e. The molecular weight excluding hydrogens is 504 g/mol. The minimum atomic E-state index is -0.241. The van der Waals surface area contributed by atoms with E-state index in [0.29, 0.717) is 11.4 Å². The molecule has 0 radical (unpaired) electrons. The molecular formula is C37H24N2O2. The highest BCUT2D eigenvalue weighted by Gasteiger charge is 2.38. The van der Waals surface area contributed by atoms with Crippen LogP contribution in [-0.4, -0.2) is 9.97 Å². The second kappa shape index (κ2) is 7.92. The van der Waals surface area contributed by atoms with Gasteiger partial charge in [0, 0.05) is 32.7 Å². The number of benzene rings is 5. The second-order valence-corrected chi connectivity index (χ2v) is 11.4. The van der Waals surface area contributed by atoms with Crippen molar-refractivity contribution in [2.45, 2.75) is 19.3 Å². The zero-order valence-electron chi connectivity index (χ0n) is 22.6. The maximum Gasteiger partial charge on any atom is 0.180 e. The molecule has 0 saturated heterocycles. The van der Waals surface area contributed by atoms with Crippen LogP contribution in [0.3, 0.4) is 0 Å². The lowest BCUT2D eigenvalue weighted by Crippen LogP contribution is -2.15. The van der Waals surface area contributed by atoms with Crippen LogP contribution in [0.15, 0.2) is 118 Å². The fourth-order valence-electron chi connectivity index (χ4n) is 6.77. The van der Waals surface area contributed by atoms with E-state index in [1.807, 2.05) is 48.5 Å². The second-order valence-electron chi connectivity index (χ2n) is 11.4. The van der Waals surface area contributed by atoms with Crippen LogP contribution < -0.4 is 0 Å². The highest BCUT2D eigenvalue weighted by Crippen LogP contribution is 2.54. The van der Waals surface area contributed by atoms with Gasteiger partial charge >= 0.3 is 0 Å². The average Bonchev–Trinajstić information content (AvgIpc) is 3.65. The molecule has 194 valence electrons. The normalized spacial score (nSPS) is 13.8. The fourth-order valence-corrected chi connectivity index (χ4v) is 6.77. The SMILES string of the molecule is CC1(C)c2cc(-c3nc(-c4ccccc4)nc4c3oc3ccccc34)ccc2-c2ccc3oc4ccccc4c3c21. The standard InChI is InChI=1S/C37H24N2O2/c1-37(2)27-20-22(16-17-23(27)24-18-19-30-31(32(24)37)25-12-6-8-14-28(25)40-30)33-35-34(26-13-7-9-15-29(26)41-35)39-36(38-33)21-10-4-3-5-11-21/h3-20H,1-2H3. The summed E-state index contributed by atoms with van der Waals surface area (Å²) in [6.45, 7) is 4.63. The molecule has 9 rings (SSSR count). The van der Waals surface area contributed by atoms with Gasteiger partial charge < -0.3 is 8.83 Å². The summed E-state index contributed by atoms with van der Waals surface area (Å²) in [6, 6.07) is 37.6. The third kappa shape index (κ3) is 3.05. The Bertz CT molecular complexity index is 2340. The van der Waals surface area contributed by atoms with E-state index < -0.39 is 0 Å². The van der Waals surface area contributed by atoms with Gasteiger partial charge in [-0.1, -0.05) is 92.7 Å². The van der Waals surface area contributed by atoms with Gasteiger partial charge in [0.15, 0.2) is 11.4 Å². The predicted molar refractivity (Wildman–Crippen MR) is 165 cm³/mol. The number of furan rings is 2. The van der Waals surface area contributed by atoms with Crippen LogP contribution in [0.25, 0.3) is 77.8 Å². The molecule has 3 heterocycles. The molecule has 1 aliphatic carbocycles. The first-order valence-electron chi connectivity index (χ1n) is 13.9. The van der Waals surface area contributed by atoms with Gasteiger partial charge in [0.2, 0.25) is 0 Å². The average molecular weight is 529 g/mol. The Morgan fingerprint density at radius 1 is 0.585 bits per heavy atom. The lowest BCUT2D eigenvalue weighted by Gasteiger charge is -2.23. The molecule has 0 bridgehead atoms. The summed E-state index contributed by atoms with van der Waals surface area (Å²) in [5.41, 5.74) is 11.9. The van der Waals surface area contributed by atoms with E-state index in [-0.39, 0.29) is 5.41 Å². The summed E-state index contributed by atoms with van der Waals surface area (Å²) < 4.78 is 12.7. The van der Waals surface area contributed by atoms with Crippen molar-refractivity contribution >= 4 is 44.0 Å². The Morgan fingerprint density at radius 2 is 1.29 bits per heavy atom. The summed E-state index contributed by atoms with van der Waals surface area (Å²) in [5, 5.41) is 3.35. The molecule has 5 aromatic carbocycles. The predicted octanol–water partition coefficient (Wildman–Crippen LogP) is 9.92. The van der Waals surface area contributed by atoms with Crippen LogP contribution in [-0.2, 0) is 5.41 Å². The summed E-state index contributed by atoms with van der Waals surface area (Å²) in [5.74, 6) is 0.689. The van der Waals surface area contributed by atoms with Gasteiger partial charge in [-0.2, -0.15) is 0 Å². The van der Waals surface area contributed by atoms with Gasteiger partial charge in [-0.25, -0.2) is 9.97 Å². The number of hydrogen-bond acceptors (Lipinski definition) is 4. The summed E-state index contributed by atoms with van der Waals surface area (Å²) >= 11 is 0. The van der Waals surface area contributed by atoms with Crippen molar-refractivity contribution in [3.63, 3.8) is 0 Å². The molecule has 4 heteroatoms. The van der Waals surface area contributed by atoms with E-state index in [1.54, 1.807) is 0 Å². The minimum absolute atomic E-state index is 0.241. The molecule has 4 nitrogen and oxygen atoms in total. The van der Waals surface area contributed by atoms with Crippen molar-refractivity contribution in [1.29, 1.82) is 0 Å². The zero-order chi connectivity index (χ0) is 27.3. The van der Waals surface area contributed by atoms with Crippen molar-refractivity contribution in [2.75, 3.05) is 0 Å². The molecule has 0 unspecified atom stereocenters. The molecule has 0 saturated carbocycles. The molecule has 0 fully saturated rings. The van der Waals surface area contributed by atoms with Gasteiger partial charge in [0.05, 0.1) is 0 Å². The molecule has 1 aliphatic rings. The quantitative estimate of drug-likeness (QED) is 0.224. The van der Waals surface area contributed by atoms with Gasteiger partial charge in [-0.3, -0.25) is 0 Å². The van der Waals surface area contributed by atoms with Crippen LogP contribution in [0.1, 0.15) is 25.0 Å². The third-order valence-corrected chi connectivity index (χ3v) is 8.68. The Morgan fingerprint density at radius 3 is 2.12 bits per heavy atom. The first kappa shape index (κ1) is 22.6. The van der Waals surface area contributed by atoms with Crippen LogP contribution in [0, 0.1) is 0 Å². The van der Waals surface area contributed by atoms with Crippen molar-refractivity contribution in [1.82, 2.24) is 9.97 Å². The van der Waals surface area contributed by atoms with Crippen LogP contribution in [0.4, 0.5) is 0 Å². The molecule has 0 N–H and O–H groups in total. The lowest BCUT2D eigenvalue weighted by molar-refractivity contribution is 0.656. The van der Waals surface area contributed by atoms with Crippen molar-refractivity contribution in [2.24, 2.45) is 0 Å². The van der Waals surface area contributed by atoms with Crippen LogP contribution >= 0.6 is 0 Å². The van der Waals surface area contributed by atoms with E-state index >= 15 is 0 Å². The maximum absolute atomic E-state index is 6.42. The largest absolute Gasteiger partial charge is 0.456 e. The van der Waals surface area contributed by atoms with E-state index in [2.05, 4.69) is 74.5 Å². The number of para-hydroxylation sites is 2. The molecule has 0 atom stereocenters. The number of nitrogens with zero attached hydrogens (tertiary/aromatic N) is 2. The van der Waals surface area contributed by atoms with Gasteiger partial charge in [0.1, 0.15) is 28.0 Å². The van der Waals surface area contributed by atoms with E-state index in [0.717, 1.165) is 49.9 Å². The molecule has 0 amide bonds. The fraction of sp³-hybridized carbons (Fsp3) is 0.0811. The van der Waals surface area contributed by atoms with Gasteiger partial charge in [-0.15, -0.1) is 0 Å².